The molecule has 1 amide bonds. The van der Waals surface area contributed by atoms with Crippen LogP contribution in [-0.4, -0.2) is 26.1 Å². The zero-order chi connectivity index (χ0) is 15.4. The number of aryl methyl sites for hydroxylation is 1. The third-order valence-corrected chi connectivity index (χ3v) is 4.61. The van der Waals surface area contributed by atoms with Crippen molar-refractivity contribution in [1.82, 2.24) is 15.0 Å². The van der Waals surface area contributed by atoms with E-state index in [0.717, 1.165) is 5.69 Å². The summed E-state index contributed by atoms with van der Waals surface area (Å²) in [4.78, 5) is 24.6. The second-order valence-electron chi connectivity index (χ2n) is 4.30. The molecule has 0 radical (unpaired) electrons. The van der Waals surface area contributed by atoms with Crippen molar-refractivity contribution in [3.63, 3.8) is 0 Å². The van der Waals surface area contributed by atoms with Crippen LogP contribution in [0.1, 0.15) is 19.0 Å². The van der Waals surface area contributed by atoms with Crippen LogP contribution in [0.4, 0.5) is 16.8 Å². The number of carbonyl (C=O) groups is 1. The van der Waals surface area contributed by atoms with E-state index in [4.69, 9.17) is 11.5 Å². The van der Waals surface area contributed by atoms with Gasteiger partial charge in [0, 0.05) is 11.4 Å². The highest BCUT2D eigenvalue weighted by atomic mass is 32.2. The summed E-state index contributed by atoms with van der Waals surface area (Å²) in [6.45, 7) is 3.79. The summed E-state index contributed by atoms with van der Waals surface area (Å²) in [6, 6.07) is 1.48. The molecule has 1 atom stereocenters. The third kappa shape index (κ3) is 4.30. The van der Waals surface area contributed by atoms with E-state index in [0.29, 0.717) is 16.7 Å². The molecule has 0 aromatic carbocycles. The van der Waals surface area contributed by atoms with Gasteiger partial charge >= 0.3 is 0 Å². The molecule has 0 saturated heterocycles. The molecule has 21 heavy (non-hydrogen) atoms. The second-order valence-corrected chi connectivity index (χ2v) is 6.33. The minimum atomic E-state index is -0.338. The molecule has 7 nitrogen and oxygen atoms in total. The van der Waals surface area contributed by atoms with E-state index in [1.807, 2.05) is 19.2 Å². The number of nitrogens with zero attached hydrogens (tertiary/aromatic N) is 3. The molecule has 0 aliphatic heterocycles. The number of thioether (sulfide) groups is 1. The summed E-state index contributed by atoms with van der Waals surface area (Å²) in [5, 5.41) is 5.32. The monoisotopic (exact) mass is 324 g/mol. The molecule has 2 aromatic heterocycles. The van der Waals surface area contributed by atoms with Crippen molar-refractivity contribution >= 4 is 45.8 Å². The number of nitrogens with two attached hydrogens (primary N) is 2. The standard InChI is InChI=1S/C12H16N6OS2/c1-3-7(10(19)18-11-15-6(2)5-20-11)21-12-16-8(13)4-9(14)17-12/h4-5,7H,3H2,1-2H3,(H,15,18,19)(H4,13,14,16,17). The first-order chi connectivity index (χ1) is 9.97. The lowest BCUT2D eigenvalue weighted by molar-refractivity contribution is -0.115. The minimum Gasteiger partial charge on any atom is -0.383 e. The highest BCUT2D eigenvalue weighted by Crippen LogP contribution is 2.25. The summed E-state index contributed by atoms with van der Waals surface area (Å²) in [5.74, 6) is 0.438. The minimum absolute atomic E-state index is 0.138. The van der Waals surface area contributed by atoms with E-state index < -0.39 is 0 Å². The maximum atomic E-state index is 12.2. The molecule has 0 saturated carbocycles. The Balaban J connectivity index is 2.06. The summed E-state index contributed by atoms with van der Waals surface area (Å²) in [5.41, 5.74) is 12.1. The van der Waals surface area contributed by atoms with Gasteiger partial charge in [-0.25, -0.2) is 15.0 Å². The third-order valence-electron chi connectivity index (χ3n) is 2.51. The first kappa shape index (κ1) is 15.5. The molecular weight excluding hydrogens is 308 g/mol. The number of rotatable bonds is 5. The SMILES string of the molecule is CCC(Sc1nc(N)cc(N)n1)C(=O)Nc1nc(C)cs1. The molecule has 0 aliphatic carbocycles. The van der Waals surface area contributed by atoms with E-state index in [-0.39, 0.29) is 22.8 Å². The van der Waals surface area contributed by atoms with Gasteiger partial charge in [-0.1, -0.05) is 18.7 Å². The van der Waals surface area contributed by atoms with Crippen molar-refractivity contribution in [2.24, 2.45) is 0 Å². The Bertz CT molecular complexity index is 624. The van der Waals surface area contributed by atoms with Crippen molar-refractivity contribution in [2.75, 3.05) is 16.8 Å². The van der Waals surface area contributed by atoms with Gasteiger partial charge in [0.2, 0.25) is 5.91 Å². The van der Waals surface area contributed by atoms with Crippen LogP contribution in [0.3, 0.4) is 0 Å². The Hall–Kier alpha value is -1.87. The number of nitrogens with one attached hydrogen (secondary N) is 1. The lowest BCUT2D eigenvalue weighted by Crippen LogP contribution is -2.24. The van der Waals surface area contributed by atoms with E-state index in [9.17, 15) is 4.79 Å². The molecule has 112 valence electrons. The van der Waals surface area contributed by atoms with Gasteiger partial charge in [-0.3, -0.25) is 4.79 Å². The van der Waals surface area contributed by atoms with Crippen molar-refractivity contribution in [3.05, 3.63) is 17.1 Å². The van der Waals surface area contributed by atoms with Crippen LogP contribution < -0.4 is 16.8 Å². The van der Waals surface area contributed by atoms with E-state index in [1.54, 1.807) is 0 Å². The van der Waals surface area contributed by atoms with Gasteiger partial charge in [0.25, 0.3) is 0 Å². The van der Waals surface area contributed by atoms with E-state index in [2.05, 4.69) is 20.3 Å². The zero-order valence-electron chi connectivity index (χ0n) is 11.7. The van der Waals surface area contributed by atoms with Crippen molar-refractivity contribution in [2.45, 2.75) is 30.7 Å². The normalized spacial score (nSPS) is 12.1. The number of hydrogen-bond donors (Lipinski definition) is 3. The summed E-state index contributed by atoms with van der Waals surface area (Å²) < 4.78 is 0. The summed E-state index contributed by atoms with van der Waals surface area (Å²) >= 11 is 2.63. The smallest absolute Gasteiger partial charge is 0.239 e. The summed E-state index contributed by atoms with van der Waals surface area (Å²) in [7, 11) is 0. The Morgan fingerprint density at radius 1 is 1.38 bits per heavy atom. The topological polar surface area (TPSA) is 120 Å². The van der Waals surface area contributed by atoms with Gasteiger partial charge in [0.15, 0.2) is 10.3 Å². The fourth-order valence-corrected chi connectivity index (χ4v) is 3.16. The predicted molar refractivity (Wildman–Crippen MR) is 86.3 cm³/mol. The molecular formula is C12H16N6OS2. The Kier molecular flexibility index (Phi) is 4.97. The molecule has 0 fully saturated rings. The highest BCUT2D eigenvalue weighted by molar-refractivity contribution is 8.00. The van der Waals surface area contributed by atoms with Gasteiger partial charge in [0.05, 0.1) is 10.9 Å². The number of aromatic nitrogens is 3. The van der Waals surface area contributed by atoms with Crippen LogP contribution in [0.25, 0.3) is 0 Å². The maximum absolute atomic E-state index is 12.2. The largest absolute Gasteiger partial charge is 0.383 e. The van der Waals surface area contributed by atoms with Crippen LogP contribution in [0, 0.1) is 6.92 Å². The number of nitrogen functional groups attached to an aromatic ring is 2. The molecule has 9 heteroatoms. The molecule has 1 unspecified atom stereocenters. The fraction of sp³-hybridized carbons (Fsp3) is 0.333. The van der Waals surface area contributed by atoms with Crippen LogP contribution in [0.2, 0.25) is 0 Å². The van der Waals surface area contributed by atoms with Crippen LogP contribution in [0.5, 0.6) is 0 Å². The second kappa shape index (κ2) is 6.72. The average Bonchev–Trinajstić information content (AvgIpc) is 2.80. The Morgan fingerprint density at radius 2 is 2.05 bits per heavy atom. The fourth-order valence-electron chi connectivity index (χ4n) is 1.56. The molecule has 2 aromatic rings. The lowest BCUT2D eigenvalue weighted by Gasteiger charge is -2.12. The molecule has 0 spiro atoms. The molecule has 0 bridgehead atoms. The first-order valence-electron chi connectivity index (χ1n) is 6.27. The van der Waals surface area contributed by atoms with Crippen LogP contribution in [0.15, 0.2) is 16.6 Å². The lowest BCUT2D eigenvalue weighted by atomic mass is 10.3. The van der Waals surface area contributed by atoms with E-state index >= 15 is 0 Å². The molecule has 5 N–H and O–H groups in total. The zero-order valence-corrected chi connectivity index (χ0v) is 13.3. The molecule has 2 rings (SSSR count). The van der Waals surface area contributed by atoms with Gasteiger partial charge in [-0.05, 0) is 13.3 Å². The van der Waals surface area contributed by atoms with Gasteiger partial charge in [0.1, 0.15) is 11.6 Å². The van der Waals surface area contributed by atoms with E-state index in [1.165, 1.54) is 29.2 Å². The Morgan fingerprint density at radius 3 is 2.57 bits per heavy atom. The highest BCUT2D eigenvalue weighted by Gasteiger charge is 2.20. The van der Waals surface area contributed by atoms with Crippen molar-refractivity contribution in [1.29, 1.82) is 0 Å². The van der Waals surface area contributed by atoms with Gasteiger partial charge in [-0.15, -0.1) is 11.3 Å². The number of amides is 1. The van der Waals surface area contributed by atoms with Crippen molar-refractivity contribution < 1.29 is 4.79 Å². The first-order valence-corrected chi connectivity index (χ1v) is 8.03. The number of anilines is 3. The summed E-state index contributed by atoms with van der Waals surface area (Å²) in [6.07, 6.45) is 0.624. The van der Waals surface area contributed by atoms with Crippen LogP contribution in [-0.2, 0) is 4.79 Å². The number of carbonyl (C=O) groups excluding carboxylic acids is 1. The Labute approximate surface area is 130 Å². The van der Waals surface area contributed by atoms with Gasteiger partial charge in [-0.2, -0.15) is 0 Å². The molecule has 0 aliphatic rings. The maximum Gasteiger partial charge on any atom is 0.239 e. The number of thiazole rings is 1. The predicted octanol–water partition coefficient (Wildman–Crippen LogP) is 1.92. The quantitative estimate of drug-likeness (QED) is 0.567. The van der Waals surface area contributed by atoms with Crippen LogP contribution >= 0.6 is 23.1 Å². The average molecular weight is 324 g/mol. The van der Waals surface area contributed by atoms with Crippen molar-refractivity contribution in [3.8, 4) is 0 Å². The number of hydrogen-bond acceptors (Lipinski definition) is 8. The van der Waals surface area contributed by atoms with Gasteiger partial charge < -0.3 is 16.8 Å². The molecule has 2 heterocycles.